The zero-order valence-electron chi connectivity index (χ0n) is 14.5. The number of hydrazine groups is 1. The van der Waals surface area contributed by atoms with Crippen LogP contribution in [0.2, 0.25) is 0 Å². The molecule has 0 fully saturated rings. The number of ether oxygens (including phenoxy) is 2. The number of para-hydroxylation sites is 2. The lowest BCUT2D eigenvalue weighted by molar-refractivity contribution is -0.134. The van der Waals surface area contributed by atoms with Crippen LogP contribution in [0.3, 0.4) is 0 Å². The highest BCUT2D eigenvalue weighted by Gasteiger charge is 2.27. The molecule has 0 bridgehead atoms. The fraction of sp³-hybridized carbons (Fsp3) is 0.143. The van der Waals surface area contributed by atoms with E-state index >= 15 is 0 Å². The lowest BCUT2D eigenvalue weighted by Crippen LogP contribution is -2.51. The fourth-order valence-electron chi connectivity index (χ4n) is 3.02. The Hall–Kier alpha value is -3.54. The average molecular weight is 362 g/mol. The van der Waals surface area contributed by atoms with Crippen molar-refractivity contribution in [3.8, 4) is 11.5 Å². The first-order valence-electron chi connectivity index (χ1n) is 8.64. The van der Waals surface area contributed by atoms with Gasteiger partial charge in [0.2, 0.25) is 12.0 Å². The van der Waals surface area contributed by atoms with Crippen molar-refractivity contribution in [3.63, 3.8) is 0 Å². The van der Waals surface area contributed by atoms with Gasteiger partial charge in [0.15, 0.2) is 11.5 Å². The monoisotopic (exact) mass is 362 g/mol. The van der Waals surface area contributed by atoms with Crippen LogP contribution in [-0.4, -0.2) is 24.5 Å². The normalized spacial score (nSPS) is 15.2. The molecule has 0 aromatic heterocycles. The van der Waals surface area contributed by atoms with Gasteiger partial charge in [0, 0.05) is 0 Å². The molecule has 6 heteroatoms. The summed E-state index contributed by atoms with van der Waals surface area (Å²) >= 11 is 0. The van der Waals surface area contributed by atoms with E-state index < -0.39 is 12.0 Å². The number of amides is 2. The molecule has 0 saturated carbocycles. The summed E-state index contributed by atoms with van der Waals surface area (Å²) < 4.78 is 11.1. The second-order valence-corrected chi connectivity index (χ2v) is 6.22. The van der Waals surface area contributed by atoms with Gasteiger partial charge in [0.05, 0.1) is 6.42 Å². The second-order valence-electron chi connectivity index (χ2n) is 6.22. The number of hydrogen-bond acceptors (Lipinski definition) is 4. The average Bonchev–Trinajstić information content (AvgIpc) is 2.72. The molecule has 1 aliphatic heterocycles. The molecule has 3 aromatic carbocycles. The van der Waals surface area contributed by atoms with E-state index in [-0.39, 0.29) is 18.9 Å². The third-order valence-corrected chi connectivity index (χ3v) is 4.36. The Balaban J connectivity index is 1.35. The van der Waals surface area contributed by atoms with Crippen LogP contribution in [0.15, 0.2) is 66.7 Å². The van der Waals surface area contributed by atoms with Gasteiger partial charge in [-0.15, -0.1) is 0 Å². The number of carbonyl (C=O) groups is 2. The molecular formula is C21H18N2O4. The summed E-state index contributed by atoms with van der Waals surface area (Å²) in [5, 5.41) is 2.08. The van der Waals surface area contributed by atoms with E-state index in [1.165, 1.54) is 0 Å². The molecule has 3 aromatic rings. The zero-order valence-corrected chi connectivity index (χ0v) is 14.5. The van der Waals surface area contributed by atoms with Gasteiger partial charge in [0.1, 0.15) is 6.61 Å². The van der Waals surface area contributed by atoms with E-state index in [0.29, 0.717) is 11.5 Å². The summed E-state index contributed by atoms with van der Waals surface area (Å²) in [4.78, 5) is 24.5. The lowest BCUT2D eigenvalue weighted by atomic mass is 10.0. The molecule has 4 rings (SSSR count). The molecule has 1 unspecified atom stereocenters. The van der Waals surface area contributed by atoms with Crippen LogP contribution in [0.1, 0.15) is 5.56 Å². The molecule has 27 heavy (non-hydrogen) atoms. The van der Waals surface area contributed by atoms with Gasteiger partial charge in [-0.1, -0.05) is 54.6 Å². The van der Waals surface area contributed by atoms with Crippen molar-refractivity contribution in [2.45, 2.75) is 12.5 Å². The minimum Gasteiger partial charge on any atom is -0.485 e. The van der Waals surface area contributed by atoms with Gasteiger partial charge >= 0.3 is 0 Å². The van der Waals surface area contributed by atoms with Gasteiger partial charge in [-0.25, -0.2) is 0 Å². The predicted molar refractivity (Wildman–Crippen MR) is 100 cm³/mol. The highest BCUT2D eigenvalue weighted by atomic mass is 16.6. The molecule has 1 aliphatic rings. The lowest BCUT2D eigenvalue weighted by Gasteiger charge is -2.25. The van der Waals surface area contributed by atoms with E-state index in [4.69, 9.17) is 9.47 Å². The van der Waals surface area contributed by atoms with Gasteiger partial charge < -0.3 is 9.47 Å². The minimum atomic E-state index is -0.822. The number of fused-ring (bicyclic) bond motifs is 2. The van der Waals surface area contributed by atoms with Crippen LogP contribution in [0.5, 0.6) is 11.5 Å². The van der Waals surface area contributed by atoms with Gasteiger partial charge in [-0.2, -0.15) is 0 Å². The largest absolute Gasteiger partial charge is 0.485 e. The molecule has 0 saturated heterocycles. The SMILES string of the molecule is O=C(Cc1cccc2ccccc12)NNC(=O)C1COc2ccccc2O1. The van der Waals surface area contributed by atoms with Gasteiger partial charge in [-0.3, -0.25) is 20.4 Å². The third kappa shape index (κ3) is 3.69. The van der Waals surface area contributed by atoms with E-state index in [9.17, 15) is 9.59 Å². The minimum absolute atomic E-state index is 0.0854. The number of benzene rings is 3. The standard InChI is InChI=1S/C21H18N2O4/c24-20(12-15-8-5-7-14-6-1-2-9-16(14)15)22-23-21(25)19-13-26-17-10-3-4-11-18(17)27-19/h1-11,19H,12-13H2,(H,22,24)(H,23,25). The van der Waals surface area contributed by atoms with Crippen LogP contribution < -0.4 is 20.3 Å². The van der Waals surface area contributed by atoms with Crippen molar-refractivity contribution in [2.24, 2.45) is 0 Å². The van der Waals surface area contributed by atoms with Crippen molar-refractivity contribution in [2.75, 3.05) is 6.61 Å². The molecule has 1 heterocycles. The number of hydrogen-bond donors (Lipinski definition) is 2. The second kappa shape index (κ2) is 7.37. The molecule has 0 aliphatic carbocycles. The smallest absolute Gasteiger partial charge is 0.283 e. The fourth-order valence-corrected chi connectivity index (χ4v) is 3.02. The quantitative estimate of drug-likeness (QED) is 0.702. The number of rotatable bonds is 3. The Labute approximate surface area is 156 Å². The molecule has 2 amide bonds. The first-order chi connectivity index (χ1) is 13.2. The molecule has 1 atom stereocenters. The first kappa shape index (κ1) is 16.9. The van der Waals surface area contributed by atoms with Crippen LogP contribution in [0.25, 0.3) is 10.8 Å². The van der Waals surface area contributed by atoms with Crippen molar-refractivity contribution in [3.05, 3.63) is 72.3 Å². The molecule has 2 N–H and O–H groups in total. The topological polar surface area (TPSA) is 76.7 Å². The molecule has 136 valence electrons. The van der Waals surface area contributed by atoms with E-state index in [0.717, 1.165) is 16.3 Å². The predicted octanol–water partition coefficient (Wildman–Crippen LogP) is 2.37. The van der Waals surface area contributed by atoms with Crippen LogP contribution in [0.4, 0.5) is 0 Å². The number of nitrogens with one attached hydrogen (secondary N) is 2. The Bertz CT molecular complexity index is 997. The van der Waals surface area contributed by atoms with Crippen molar-refractivity contribution < 1.29 is 19.1 Å². The van der Waals surface area contributed by atoms with Crippen LogP contribution in [0, 0.1) is 0 Å². The van der Waals surface area contributed by atoms with E-state index in [2.05, 4.69) is 10.9 Å². The molecule has 0 spiro atoms. The van der Waals surface area contributed by atoms with Crippen LogP contribution in [-0.2, 0) is 16.0 Å². The van der Waals surface area contributed by atoms with Gasteiger partial charge in [-0.05, 0) is 28.5 Å². The summed E-state index contributed by atoms with van der Waals surface area (Å²) in [6, 6.07) is 20.8. The van der Waals surface area contributed by atoms with Crippen molar-refractivity contribution >= 4 is 22.6 Å². The number of carbonyl (C=O) groups excluding carboxylic acids is 2. The molecule has 0 radical (unpaired) electrons. The van der Waals surface area contributed by atoms with Crippen LogP contribution >= 0.6 is 0 Å². The maximum Gasteiger partial charge on any atom is 0.283 e. The zero-order chi connectivity index (χ0) is 18.6. The van der Waals surface area contributed by atoms with E-state index in [1.54, 1.807) is 18.2 Å². The van der Waals surface area contributed by atoms with Gasteiger partial charge in [0.25, 0.3) is 5.91 Å². The maximum absolute atomic E-state index is 12.2. The summed E-state index contributed by atoms with van der Waals surface area (Å²) in [5.74, 6) is 0.333. The highest BCUT2D eigenvalue weighted by molar-refractivity contribution is 5.91. The summed E-state index contributed by atoms with van der Waals surface area (Å²) in [6.07, 6.45) is -0.662. The van der Waals surface area contributed by atoms with E-state index in [1.807, 2.05) is 48.5 Å². The van der Waals surface area contributed by atoms with Crippen molar-refractivity contribution in [1.82, 2.24) is 10.9 Å². The highest BCUT2D eigenvalue weighted by Crippen LogP contribution is 2.30. The Morgan fingerprint density at radius 2 is 1.63 bits per heavy atom. The maximum atomic E-state index is 12.2. The Kier molecular flexibility index (Phi) is 4.61. The van der Waals surface area contributed by atoms with Crippen molar-refractivity contribution in [1.29, 1.82) is 0 Å². The third-order valence-electron chi connectivity index (χ3n) is 4.36. The summed E-state index contributed by atoms with van der Waals surface area (Å²) in [6.45, 7) is 0.0854. The molecule has 6 nitrogen and oxygen atoms in total. The Morgan fingerprint density at radius 3 is 2.52 bits per heavy atom. The summed E-state index contributed by atoms with van der Waals surface area (Å²) in [5.41, 5.74) is 5.75. The molecular weight excluding hydrogens is 344 g/mol. The Morgan fingerprint density at radius 1 is 0.889 bits per heavy atom. The summed E-state index contributed by atoms with van der Waals surface area (Å²) in [7, 11) is 0. The first-order valence-corrected chi connectivity index (χ1v) is 8.64.